The van der Waals surface area contributed by atoms with Gasteiger partial charge in [0.2, 0.25) is 27.7 Å². The number of thiazole rings is 1. The highest BCUT2D eigenvalue weighted by Gasteiger charge is 2.36. The van der Waals surface area contributed by atoms with E-state index in [0.29, 0.717) is 22.8 Å². The maximum absolute atomic E-state index is 14.4. The van der Waals surface area contributed by atoms with Crippen LogP contribution in [0.4, 0.5) is 5.13 Å². The van der Waals surface area contributed by atoms with Gasteiger partial charge in [0.15, 0.2) is 5.13 Å². The van der Waals surface area contributed by atoms with Crippen LogP contribution in [0.5, 0.6) is 5.88 Å². The number of anilines is 1. The highest BCUT2D eigenvalue weighted by Crippen LogP contribution is 2.29. The molecule has 15 nitrogen and oxygen atoms in total. The van der Waals surface area contributed by atoms with Crippen molar-refractivity contribution in [1.29, 1.82) is 0 Å². The molecule has 2 amide bonds. The van der Waals surface area contributed by atoms with Gasteiger partial charge in [-0.15, -0.1) is 11.3 Å². The second-order valence-electron chi connectivity index (χ2n) is 14.2. The van der Waals surface area contributed by atoms with Crippen molar-refractivity contribution < 1.29 is 28.2 Å². The Hall–Kier alpha value is -4.71. The van der Waals surface area contributed by atoms with E-state index in [9.17, 15) is 37.9 Å². The van der Waals surface area contributed by atoms with Crippen LogP contribution in [0.2, 0.25) is 0 Å². The molecule has 296 valence electrons. The first-order valence-electron chi connectivity index (χ1n) is 18.4. The number of aromatic nitrogens is 3. The lowest BCUT2D eigenvalue weighted by Gasteiger charge is -2.32. The van der Waals surface area contributed by atoms with E-state index in [2.05, 4.69) is 20.8 Å². The molecule has 0 spiro atoms. The van der Waals surface area contributed by atoms with Crippen molar-refractivity contribution in [2.45, 2.75) is 95.5 Å². The number of sulfonamides is 1. The molecule has 2 heterocycles. The van der Waals surface area contributed by atoms with Crippen molar-refractivity contribution in [2.24, 2.45) is 17.0 Å². The molecule has 4 aromatic rings. The first kappa shape index (κ1) is 41.5. The number of benzene rings is 2. The number of carbonyl (C=O) groups excluding carboxylic acids is 2. The largest absolute Gasteiger partial charge is 0.493 e. The van der Waals surface area contributed by atoms with E-state index in [1.54, 1.807) is 24.4 Å². The third-order valence-electron chi connectivity index (χ3n) is 10.1. The van der Waals surface area contributed by atoms with E-state index in [4.69, 9.17) is 0 Å². The smallest absolute Gasteiger partial charge is 0.332 e. The molecule has 4 atom stereocenters. The molecule has 0 saturated heterocycles. The predicted octanol–water partition coefficient (Wildman–Crippen LogP) is 4.64. The second-order valence-corrected chi connectivity index (χ2v) is 17.0. The maximum atomic E-state index is 14.4. The van der Waals surface area contributed by atoms with Gasteiger partial charge in [-0.2, -0.15) is 9.21 Å². The number of aliphatic hydroxyl groups is 1. The van der Waals surface area contributed by atoms with Gasteiger partial charge in [0.1, 0.15) is 12.6 Å². The first-order valence-corrected chi connectivity index (χ1v) is 20.8. The number of nitrogens with zero attached hydrogens (tertiary/aromatic N) is 5. The van der Waals surface area contributed by atoms with E-state index in [-0.39, 0.29) is 55.2 Å². The summed E-state index contributed by atoms with van der Waals surface area (Å²) in [5.74, 6) is -1.57. The van der Waals surface area contributed by atoms with E-state index < -0.39 is 45.7 Å². The topological polar surface area (TPSA) is 205 Å². The number of rotatable bonds is 19. The molecule has 1 saturated carbocycles. The molecule has 2 aromatic heterocycles. The minimum absolute atomic E-state index is 0.0144. The van der Waals surface area contributed by atoms with Crippen molar-refractivity contribution in [3.63, 3.8) is 0 Å². The molecule has 1 aliphatic carbocycles. The van der Waals surface area contributed by atoms with Gasteiger partial charge in [-0.05, 0) is 54.4 Å². The third-order valence-corrected chi connectivity index (χ3v) is 12.8. The zero-order valence-electron chi connectivity index (χ0n) is 31.2. The molecule has 0 aliphatic heterocycles. The minimum atomic E-state index is -4.11. The van der Waals surface area contributed by atoms with Gasteiger partial charge in [-0.3, -0.25) is 18.7 Å². The number of imidazole rings is 1. The predicted molar refractivity (Wildman–Crippen MR) is 209 cm³/mol. The summed E-state index contributed by atoms with van der Waals surface area (Å²) in [6, 6.07) is 13.1. The number of aromatic hydroxyl groups is 1. The number of carbonyl (C=O) groups is 2. The molecule has 0 radical (unpaired) electrons. The standard InChI is InChI=1S/C38H49N7O8S2/c1-4-25(2)35(45-23-34(48)44(38(45)50)21-30-24-54-37(41-30)40-26(3)46)36(49)42-32(18-27-10-6-5-7-11-27)33(47)22-43(20-29-12-8-9-13-29)55(52,53)31-16-14-28(15-17-31)19-39-51/h5-7,10-11,14-17,23-25,29,32-33,35,47-48H,4,8-9,12-13,18-22H2,1-3H3,(H,42,49)(H,40,41,46)/t25-,32-,33+,35-/m0/s1. The molecule has 2 aromatic carbocycles. The Labute approximate surface area is 324 Å². The number of amides is 2. The van der Waals surface area contributed by atoms with E-state index in [0.717, 1.165) is 35.8 Å². The third kappa shape index (κ3) is 10.5. The fourth-order valence-corrected chi connectivity index (χ4v) is 9.25. The summed E-state index contributed by atoms with van der Waals surface area (Å²) in [6.07, 6.45) is 4.16. The van der Waals surface area contributed by atoms with Crippen molar-refractivity contribution in [3.05, 3.63) is 98.4 Å². The lowest BCUT2D eigenvalue weighted by Crippen LogP contribution is -2.53. The van der Waals surface area contributed by atoms with Crippen LogP contribution in [0, 0.1) is 16.7 Å². The molecule has 0 bridgehead atoms. The average Bonchev–Trinajstić information content (AvgIpc) is 3.90. The van der Waals surface area contributed by atoms with Crippen LogP contribution in [0.3, 0.4) is 0 Å². The van der Waals surface area contributed by atoms with Gasteiger partial charge < -0.3 is 20.8 Å². The van der Waals surface area contributed by atoms with Crippen LogP contribution in [0.1, 0.15) is 75.7 Å². The summed E-state index contributed by atoms with van der Waals surface area (Å²) >= 11 is 1.17. The molecule has 1 aliphatic rings. The normalized spacial score (nSPS) is 15.7. The van der Waals surface area contributed by atoms with Crippen LogP contribution in [-0.2, 0) is 39.1 Å². The monoisotopic (exact) mass is 795 g/mol. The van der Waals surface area contributed by atoms with Crippen LogP contribution < -0.4 is 16.3 Å². The van der Waals surface area contributed by atoms with Gasteiger partial charge in [-0.1, -0.05) is 80.8 Å². The first-order chi connectivity index (χ1) is 26.3. The molecule has 17 heteroatoms. The number of nitroso groups, excluding NO2 is 1. The molecular formula is C38H49N7O8S2. The molecule has 4 N–H and O–H groups in total. The summed E-state index contributed by atoms with van der Waals surface area (Å²) in [4.78, 5) is 54.7. The molecule has 5 rings (SSSR count). The van der Waals surface area contributed by atoms with Crippen LogP contribution in [0.15, 0.2) is 81.0 Å². The molecule has 55 heavy (non-hydrogen) atoms. The molecular weight excluding hydrogens is 747 g/mol. The quantitative estimate of drug-likeness (QED) is 0.0975. The van der Waals surface area contributed by atoms with E-state index >= 15 is 0 Å². The van der Waals surface area contributed by atoms with Gasteiger partial charge in [0.25, 0.3) is 0 Å². The Morgan fingerprint density at radius 2 is 1.78 bits per heavy atom. The molecule has 1 fully saturated rings. The maximum Gasteiger partial charge on any atom is 0.332 e. The number of hydrogen-bond donors (Lipinski definition) is 4. The van der Waals surface area contributed by atoms with E-state index in [1.165, 1.54) is 45.5 Å². The lowest BCUT2D eigenvalue weighted by molar-refractivity contribution is -0.127. The van der Waals surface area contributed by atoms with Crippen molar-refractivity contribution in [2.75, 3.05) is 18.4 Å². The number of nitrogens with one attached hydrogen (secondary N) is 2. The summed E-state index contributed by atoms with van der Waals surface area (Å²) in [6.45, 7) is 4.70. The second kappa shape index (κ2) is 18.8. The Morgan fingerprint density at radius 3 is 2.42 bits per heavy atom. The SMILES string of the molecule is CC[C@H](C)[C@@H](C(=O)N[C@@H](Cc1ccccc1)[C@H](O)CN(CC1CCCC1)S(=O)(=O)c1ccc(CN=O)cc1)n1cc(O)n(Cc2csc(NC(C)=O)n2)c1=O. The zero-order valence-corrected chi connectivity index (χ0v) is 32.8. The Morgan fingerprint density at radius 1 is 1.09 bits per heavy atom. The van der Waals surface area contributed by atoms with Crippen LogP contribution in [0.25, 0.3) is 0 Å². The van der Waals surface area contributed by atoms with Gasteiger partial charge in [0, 0.05) is 25.4 Å². The number of hydrogen-bond acceptors (Lipinski definition) is 11. The summed E-state index contributed by atoms with van der Waals surface area (Å²) in [5, 5.41) is 33.3. The van der Waals surface area contributed by atoms with E-state index in [1.807, 2.05) is 37.3 Å². The minimum Gasteiger partial charge on any atom is -0.493 e. The van der Waals surface area contributed by atoms with Crippen LogP contribution in [-0.4, -0.2) is 74.1 Å². The number of aliphatic hydroxyl groups excluding tert-OH is 1. The van der Waals surface area contributed by atoms with Crippen LogP contribution >= 0.6 is 11.3 Å². The zero-order chi connectivity index (χ0) is 39.7. The van der Waals surface area contributed by atoms with Crippen molar-refractivity contribution >= 4 is 38.3 Å². The van der Waals surface area contributed by atoms with Gasteiger partial charge in [0.05, 0.1) is 35.5 Å². The summed E-state index contributed by atoms with van der Waals surface area (Å²) in [5.41, 5.74) is 1.13. The fraction of sp³-hybridized carbons (Fsp3) is 0.474. The highest BCUT2D eigenvalue weighted by atomic mass is 32.2. The Kier molecular flexibility index (Phi) is 14.1. The fourth-order valence-electron chi connectivity index (χ4n) is 6.96. The van der Waals surface area contributed by atoms with Gasteiger partial charge >= 0.3 is 5.69 Å². The summed E-state index contributed by atoms with van der Waals surface area (Å²) in [7, 11) is -4.11. The summed E-state index contributed by atoms with van der Waals surface area (Å²) < 4.78 is 31.9. The Bertz CT molecular complexity index is 2080. The average molecular weight is 796 g/mol. The van der Waals surface area contributed by atoms with Crippen molar-refractivity contribution in [3.8, 4) is 5.88 Å². The lowest BCUT2D eigenvalue weighted by atomic mass is 9.96. The highest BCUT2D eigenvalue weighted by molar-refractivity contribution is 7.89. The van der Waals surface area contributed by atoms with Crippen molar-refractivity contribution in [1.82, 2.24) is 23.7 Å². The molecule has 0 unspecified atom stereocenters. The van der Waals surface area contributed by atoms with Gasteiger partial charge in [-0.25, -0.2) is 18.2 Å². The Balaban J connectivity index is 1.44.